The third kappa shape index (κ3) is 3.83. The molecule has 1 aliphatic heterocycles. The van der Waals surface area contributed by atoms with Crippen molar-refractivity contribution in [2.75, 3.05) is 11.9 Å². The minimum atomic E-state index is -0.901. The number of aryl methyl sites for hydroxylation is 1. The Labute approximate surface area is 172 Å². The standard InChI is InChI=1S/C21H23FN4O4/c1-10-9-13(5-6-14(10)22)24-20(29)16-11(2)17(26(4)12(16)3)18(27)21(30)25-15-7-8-23-19(15)28/h5-6,9,15H,7-8H2,1-4H3,(H,23,28)(H,24,29)(H,25,30)/t15-/m0/s1. The van der Waals surface area contributed by atoms with Crippen LogP contribution in [0.5, 0.6) is 0 Å². The number of halogens is 1. The molecule has 0 spiro atoms. The number of aromatic nitrogens is 1. The Morgan fingerprint density at radius 2 is 1.90 bits per heavy atom. The van der Waals surface area contributed by atoms with Gasteiger partial charge in [-0.05, 0) is 56.5 Å². The number of carbonyl (C=O) groups excluding carboxylic acids is 4. The normalized spacial score (nSPS) is 15.6. The lowest BCUT2D eigenvalue weighted by molar-refractivity contribution is -0.125. The Morgan fingerprint density at radius 3 is 2.50 bits per heavy atom. The molecule has 8 nitrogen and oxygen atoms in total. The van der Waals surface area contributed by atoms with Gasteiger partial charge in [0.25, 0.3) is 17.6 Å². The number of Topliss-reactive ketones (excluding diaryl/α,β-unsaturated/α-hetero) is 1. The molecule has 0 unspecified atom stereocenters. The fraction of sp³-hybridized carbons (Fsp3) is 0.333. The maximum absolute atomic E-state index is 13.5. The average Bonchev–Trinajstić information content (AvgIpc) is 3.18. The molecule has 0 bridgehead atoms. The summed E-state index contributed by atoms with van der Waals surface area (Å²) >= 11 is 0. The molecule has 1 aliphatic rings. The van der Waals surface area contributed by atoms with Crippen molar-refractivity contribution >= 4 is 29.2 Å². The lowest BCUT2D eigenvalue weighted by Gasteiger charge is -2.10. The smallest absolute Gasteiger partial charge is 0.294 e. The Morgan fingerprint density at radius 1 is 1.20 bits per heavy atom. The monoisotopic (exact) mass is 414 g/mol. The van der Waals surface area contributed by atoms with Gasteiger partial charge in [-0.3, -0.25) is 19.2 Å². The second kappa shape index (κ2) is 8.10. The van der Waals surface area contributed by atoms with E-state index in [1.165, 1.54) is 22.8 Å². The second-order valence-corrected chi connectivity index (χ2v) is 7.35. The van der Waals surface area contributed by atoms with Crippen LogP contribution in [0.3, 0.4) is 0 Å². The number of nitrogens with zero attached hydrogens (tertiary/aromatic N) is 1. The van der Waals surface area contributed by atoms with E-state index in [9.17, 15) is 23.6 Å². The summed E-state index contributed by atoms with van der Waals surface area (Å²) in [6.07, 6.45) is 0.410. The van der Waals surface area contributed by atoms with Crippen LogP contribution >= 0.6 is 0 Å². The highest BCUT2D eigenvalue weighted by Crippen LogP contribution is 2.24. The number of hydrogen-bond acceptors (Lipinski definition) is 4. The van der Waals surface area contributed by atoms with E-state index in [0.29, 0.717) is 35.5 Å². The van der Waals surface area contributed by atoms with Crippen molar-refractivity contribution in [3.8, 4) is 0 Å². The summed E-state index contributed by atoms with van der Waals surface area (Å²) < 4.78 is 14.9. The van der Waals surface area contributed by atoms with E-state index in [2.05, 4.69) is 16.0 Å². The first kappa shape index (κ1) is 21.2. The van der Waals surface area contributed by atoms with Crippen LogP contribution in [0.15, 0.2) is 18.2 Å². The molecule has 2 aromatic rings. The Kier molecular flexibility index (Phi) is 5.73. The summed E-state index contributed by atoms with van der Waals surface area (Å²) in [4.78, 5) is 49.7. The van der Waals surface area contributed by atoms with Crippen molar-refractivity contribution in [2.24, 2.45) is 7.05 Å². The fourth-order valence-corrected chi connectivity index (χ4v) is 3.61. The highest BCUT2D eigenvalue weighted by atomic mass is 19.1. The van der Waals surface area contributed by atoms with Gasteiger partial charge in [0.1, 0.15) is 11.9 Å². The third-order valence-corrected chi connectivity index (χ3v) is 5.35. The van der Waals surface area contributed by atoms with E-state index in [1.54, 1.807) is 27.8 Å². The van der Waals surface area contributed by atoms with E-state index in [1.807, 2.05) is 0 Å². The first-order chi connectivity index (χ1) is 14.1. The summed E-state index contributed by atoms with van der Waals surface area (Å²) in [6, 6.07) is 3.47. The zero-order valence-corrected chi connectivity index (χ0v) is 17.2. The molecule has 30 heavy (non-hydrogen) atoms. The van der Waals surface area contributed by atoms with Gasteiger partial charge in [0.05, 0.1) is 11.3 Å². The van der Waals surface area contributed by atoms with Crippen molar-refractivity contribution in [1.82, 2.24) is 15.2 Å². The van der Waals surface area contributed by atoms with Gasteiger partial charge in [-0.25, -0.2) is 4.39 Å². The quantitative estimate of drug-likeness (QED) is 0.509. The van der Waals surface area contributed by atoms with Gasteiger partial charge in [-0.2, -0.15) is 0 Å². The first-order valence-electron chi connectivity index (χ1n) is 9.48. The van der Waals surface area contributed by atoms with E-state index in [-0.39, 0.29) is 23.0 Å². The molecule has 3 N–H and O–H groups in total. The number of hydrogen-bond donors (Lipinski definition) is 3. The van der Waals surface area contributed by atoms with Crippen LogP contribution in [0, 0.1) is 26.6 Å². The topological polar surface area (TPSA) is 109 Å². The van der Waals surface area contributed by atoms with Crippen LogP contribution in [0.2, 0.25) is 0 Å². The predicted molar refractivity (Wildman–Crippen MR) is 108 cm³/mol. The molecule has 0 aliphatic carbocycles. The summed E-state index contributed by atoms with van der Waals surface area (Å²) in [5, 5.41) is 7.73. The molecule has 1 saturated heterocycles. The van der Waals surface area contributed by atoms with E-state index < -0.39 is 23.6 Å². The number of anilines is 1. The summed E-state index contributed by atoms with van der Waals surface area (Å²) in [5.41, 5.74) is 1.98. The van der Waals surface area contributed by atoms with Gasteiger partial charge in [-0.15, -0.1) is 0 Å². The molecular formula is C21H23FN4O4. The van der Waals surface area contributed by atoms with Gasteiger partial charge >= 0.3 is 0 Å². The second-order valence-electron chi connectivity index (χ2n) is 7.35. The van der Waals surface area contributed by atoms with Crippen LogP contribution in [0.25, 0.3) is 0 Å². The molecule has 1 aromatic carbocycles. The molecule has 1 fully saturated rings. The zero-order valence-electron chi connectivity index (χ0n) is 17.2. The van der Waals surface area contributed by atoms with E-state index in [4.69, 9.17) is 0 Å². The van der Waals surface area contributed by atoms with Crippen molar-refractivity contribution in [2.45, 2.75) is 33.2 Å². The first-order valence-corrected chi connectivity index (χ1v) is 9.48. The Bertz CT molecular complexity index is 1070. The van der Waals surface area contributed by atoms with Crippen molar-refractivity contribution in [1.29, 1.82) is 0 Å². The van der Waals surface area contributed by atoms with Gasteiger partial charge < -0.3 is 20.5 Å². The maximum Gasteiger partial charge on any atom is 0.294 e. The highest BCUT2D eigenvalue weighted by molar-refractivity contribution is 6.43. The zero-order chi connectivity index (χ0) is 22.2. The summed E-state index contributed by atoms with van der Waals surface area (Å²) in [5.74, 6) is -2.90. The SMILES string of the molecule is Cc1cc(NC(=O)c2c(C)c(C(=O)C(=O)N[C@H]3CCNC3=O)n(C)c2C)ccc1F. The highest BCUT2D eigenvalue weighted by Gasteiger charge is 2.32. The molecule has 9 heteroatoms. The van der Waals surface area contributed by atoms with Crippen molar-refractivity contribution in [3.05, 3.63) is 52.1 Å². The summed E-state index contributed by atoms with van der Waals surface area (Å²) in [6.45, 7) is 5.27. The van der Waals surface area contributed by atoms with Crippen LogP contribution in [-0.4, -0.2) is 40.7 Å². The van der Waals surface area contributed by atoms with E-state index >= 15 is 0 Å². The largest absolute Gasteiger partial charge is 0.354 e. The number of benzene rings is 1. The number of ketones is 1. The van der Waals surface area contributed by atoms with Gasteiger partial charge in [-0.1, -0.05) is 0 Å². The fourth-order valence-electron chi connectivity index (χ4n) is 3.61. The summed E-state index contributed by atoms with van der Waals surface area (Å²) in [7, 11) is 1.59. The van der Waals surface area contributed by atoms with Crippen LogP contribution in [-0.2, 0) is 16.6 Å². The molecule has 1 atom stereocenters. The van der Waals surface area contributed by atoms with Crippen LogP contribution < -0.4 is 16.0 Å². The van der Waals surface area contributed by atoms with Gasteiger partial charge in [0.2, 0.25) is 5.91 Å². The molecule has 158 valence electrons. The predicted octanol–water partition coefficient (Wildman–Crippen LogP) is 1.53. The molecule has 3 amide bonds. The van der Waals surface area contributed by atoms with Crippen LogP contribution in [0.1, 0.15) is 44.1 Å². The number of amides is 3. The van der Waals surface area contributed by atoms with Crippen molar-refractivity contribution in [3.63, 3.8) is 0 Å². The Hall–Kier alpha value is -3.49. The minimum Gasteiger partial charge on any atom is -0.354 e. The molecule has 0 saturated carbocycles. The molecule has 1 aromatic heterocycles. The Balaban J connectivity index is 1.85. The van der Waals surface area contributed by atoms with Gasteiger partial charge in [0.15, 0.2) is 0 Å². The lowest BCUT2D eigenvalue weighted by atomic mass is 10.1. The number of rotatable bonds is 5. The van der Waals surface area contributed by atoms with Gasteiger partial charge in [0, 0.05) is 25.0 Å². The molecule has 0 radical (unpaired) electrons. The number of nitrogens with one attached hydrogen (secondary N) is 3. The molecular weight excluding hydrogens is 391 g/mol. The molecule has 3 rings (SSSR count). The molecule has 2 heterocycles. The van der Waals surface area contributed by atoms with E-state index in [0.717, 1.165) is 0 Å². The lowest BCUT2D eigenvalue weighted by Crippen LogP contribution is -2.43. The maximum atomic E-state index is 13.5. The van der Waals surface area contributed by atoms with Crippen LogP contribution in [0.4, 0.5) is 10.1 Å². The minimum absolute atomic E-state index is 0.0730. The third-order valence-electron chi connectivity index (χ3n) is 5.35. The average molecular weight is 414 g/mol. The van der Waals surface area contributed by atoms with Crippen molar-refractivity contribution < 1.29 is 23.6 Å². The number of carbonyl (C=O) groups is 4.